The molecule has 0 amide bonds. The van der Waals surface area contributed by atoms with Gasteiger partial charge < -0.3 is 5.32 Å². The molecule has 2 nitrogen and oxygen atoms in total. The lowest BCUT2D eigenvalue weighted by molar-refractivity contribution is 0.332. The highest BCUT2D eigenvalue weighted by Gasteiger charge is 2.47. The molecule has 0 aliphatic heterocycles. The van der Waals surface area contributed by atoms with Crippen molar-refractivity contribution in [3.63, 3.8) is 0 Å². The van der Waals surface area contributed by atoms with Crippen LogP contribution < -0.4 is 5.32 Å². The van der Waals surface area contributed by atoms with E-state index in [9.17, 15) is 0 Å². The van der Waals surface area contributed by atoms with Crippen molar-refractivity contribution in [2.45, 2.75) is 45.1 Å². The fourth-order valence-corrected chi connectivity index (χ4v) is 3.60. The zero-order valence-corrected chi connectivity index (χ0v) is 11.3. The van der Waals surface area contributed by atoms with Crippen LogP contribution in [-0.2, 0) is 6.42 Å². The topological polar surface area (TPSA) is 24.9 Å². The Labute approximate surface area is 110 Å². The molecular weight excluding hydrogens is 220 g/mol. The van der Waals surface area contributed by atoms with E-state index >= 15 is 0 Å². The summed E-state index contributed by atoms with van der Waals surface area (Å²) in [6, 6.07) is 4.93. The summed E-state index contributed by atoms with van der Waals surface area (Å²) in [5.74, 6) is 3.06. The van der Waals surface area contributed by atoms with Crippen molar-refractivity contribution in [3.05, 3.63) is 30.1 Å². The Morgan fingerprint density at radius 3 is 2.83 bits per heavy atom. The number of hydrogen-bond donors (Lipinski definition) is 1. The minimum Gasteiger partial charge on any atom is -0.313 e. The fourth-order valence-electron chi connectivity index (χ4n) is 3.60. The summed E-state index contributed by atoms with van der Waals surface area (Å²) in [4.78, 5) is 4.24. The molecule has 2 saturated carbocycles. The van der Waals surface area contributed by atoms with Crippen LogP contribution in [0.15, 0.2) is 24.5 Å². The lowest BCUT2D eigenvalue weighted by atomic mass is 9.90. The molecule has 1 aromatic heterocycles. The summed E-state index contributed by atoms with van der Waals surface area (Å²) in [6.45, 7) is 3.40. The van der Waals surface area contributed by atoms with E-state index in [0.29, 0.717) is 6.04 Å². The first-order valence-corrected chi connectivity index (χ1v) is 7.49. The average molecular weight is 244 g/mol. The highest BCUT2D eigenvalue weighted by Crippen LogP contribution is 2.55. The maximum Gasteiger partial charge on any atom is 0.0300 e. The Kier molecular flexibility index (Phi) is 3.64. The zero-order chi connectivity index (χ0) is 12.4. The lowest BCUT2D eigenvalue weighted by Crippen LogP contribution is -2.38. The maximum absolute atomic E-state index is 4.24. The predicted octanol–water partition coefficient (Wildman–Crippen LogP) is 3.04. The number of nitrogens with zero attached hydrogens (tertiary/aromatic N) is 1. The second kappa shape index (κ2) is 5.40. The van der Waals surface area contributed by atoms with Crippen molar-refractivity contribution in [1.29, 1.82) is 0 Å². The molecule has 3 atom stereocenters. The van der Waals surface area contributed by atoms with Gasteiger partial charge in [0.05, 0.1) is 0 Å². The molecule has 18 heavy (non-hydrogen) atoms. The van der Waals surface area contributed by atoms with Crippen molar-refractivity contribution in [2.24, 2.45) is 17.8 Å². The van der Waals surface area contributed by atoms with Crippen molar-refractivity contribution in [3.8, 4) is 0 Å². The van der Waals surface area contributed by atoms with Gasteiger partial charge >= 0.3 is 0 Å². The zero-order valence-electron chi connectivity index (χ0n) is 11.3. The van der Waals surface area contributed by atoms with Crippen molar-refractivity contribution in [1.82, 2.24) is 10.3 Å². The van der Waals surface area contributed by atoms with Gasteiger partial charge in [-0.2, -0.15) is 0 Å². The molecule has 2 aliphatic carbocycles. The van der Waals surface area contributed by atoms with Gasteiger partial charge in [0.25, 0.3) is 0 Å². The molecule has 0 radical (unpaired) electrons. The van der Waals surface area contributed by atoms with Crippen LogP contribution in [0.3, 0.4) is 0 Å². The SMILES string of the molecule is CCCNC(Cc1cccnc1)C1CC2CC2C1. The Hall–Kier alpha value is -0.890. The first-order valence-electron chi connectivity index (χ1n) is 7.49. The number of fused-ring (bicyclic) bond motifs is 1. The molecule has 0 bridgehead atoms. The van der Waals surface area contributed by atoms with E-state index in [1.54, 1.807) is 0 Å². The van der Waals surface area contributed by atoms with Gasteiger partial charge in [0.2, 0.25) is 0 Å². The molecule has 1 N–H and O–H groups in total. The van der Waals surface area contributed by atoms with E-state index < -0.39 is 0 Å². The van der Waals surface area contributed by atoms with E-state index in [2.05, 4.69) is 29.4 Å². The summed E-state index contributed by atoms with van der Waals surface area (Å²) in [6.07, 6.45) is 10.7. The minimum atomic E-state index is 0.668. The second-order valence-electron chi connectivity index (χ2n) is 6.11. The monoisotopic (exact) mass is 244 g/mol. The van der Waals surface area contributed by atoms with Gasteiger partial charge in [0.1, 0.15) is 0 Å². The Morgan fingerprint density at radius 1 is 1.33 bits per heavy atom. The number of aromatic nitrogens is 1. The molecule has 2 heteroatoms. The molecular formula is C16H24N2. The van der Waals surface area contributed by atoms with E-state index in [0.717, 1.165) is 30.7 Å². The number of hydrogen-bond acceptors (Lipinski definition) is 2. The molecule has 3 unspecified atom stereocenters. The first-order chi connectivity index (χ1) is 8.86. The quantitative estimate of drug-likeness (QED) is 0.832. The van der Waals surface area contributed by atoms with Gasteiger partial charge in [0.15, 0.2) is 0 Å². The standard InChI is InChI=1S/C16H24N2/c1-2-5-18-16(7-12-4-3-6-17-11-12)15-9-13-8-14(13)10-15/h3-4,6,11,13-16,18H,2,5,7-10H2,1H3. The van der Waals surface area contributed by atoms with Crippen LogP contribution in [-0.4, -0.2) is 17.6 Å². The van der Waals surface area contributed by atoms with E-state index in [4.69, 9.17) is 0 Å². The van der Waals surface area contributed by atoms with Crippen LogP contribution in [0, 0.1) is 17.8 Å². The molecule has 0 aromatic carbocycles. The largest absolute Gasteiger partial charge is 0.313 e. The highest BCUT2D eigenvalue weighted by molar-refractivity contribution is 5.12. The van der Waals surface area contributed by atoms with Gasteiger partial charge in [-0.1, -0.05) is 13.0 Å². The first kappa shape index (κ1) is 12.2. The molecule has 0 spiro atoms. The molecule has 2 aliphatic rings. The molecule has 0 saturated heterocycles. The van der Waals surface area contributed by atoms with Crippen LogP contribution >= 0.6 is 0 Å². The molecule has 3 rings (SSSR count). The van der Waals surface area contributed by atoms with Gasteiger partial charge in [-0.15, -0.1) is 0 Å². The van der Waals surface area contributed by atoms with Crippen molar-refractivity contribution in [2.75, 3.05) is 6.54 Å². The Morgan fingerprint density at radius 2 is 2.17 bits per heavy atom. The van der Waals surface area contributed by atoms with Crippen LogP contribution in [0.4, 0.5) is 0 Å². The summed E-state index contributed by atoms with van der Waals surface area (Å²) in [5.41, 5.74) is 1.38. The number of nitrogens with one attached hydrogen (secondary N) is 1. The van der Waals surface area contributed by atoms with Crippen molar-refractivity contribution >= 4 is 0 Å². The second-order valence-corrected chi connectivity index (χ2v) is 6.11. The summed E-state index contributed by atoms with van der Waals surface area (Å²) in [5, 5.41) is 3.77. The number of pyridine rings is 1. The third-order valence-corrected chi connectivity index (χ3v) is 4.68. The fraction of sp³-hybridized carbons (Fsp3) is 0.688. The smallest absolute Gasteiger partial charge is 0.0300 e. The number of rotatable bonds is 6. The van der Waals surface area contributed by atoms with Crippen LogP contribution in [0.1, 0.15) is 38.2 Å². The third-order valence-electron chi connectivity index (χ3n) is 4.68. The molecule has 1 aromatic rings. The van der Waals surface area contributed by atoms with E-state index in [1.807, 2.05) is 12.4 Å². The summed E-state index contributed by atoms with van der Waals surface area (Å²) in [7, 11) is 0. The van der Waals surface area contributed by atoms with Crippen LogP contribution in [0.5, 0.6) is 0 Å². The van der Waals surface area contributed by atoms with E-state index in [-0.39, 0.29) is 0 Å². The van der Waals surface area contributed by atoms with Gasteiger partial charge in [-0.25, -0.2) is 0 Å². The minimum absolute atomic E-state index is 0.668. The van der Waals surface area contributed by atoms with Gasteiger partial charge in [0, 0.05) is 18.4 Å². The lowest BCUT2D eigenvalue weighted by Gasteiger charge is -2.26. The third kappa shape index (κ3) is 2.74. The highest BCUT2D eigenvalue weighted by atomic mass is 14.9. The normalized spacial score (nSPS) is 31.1. The average Bonchev–Trinajstić information content (AvgIpc) is 3.02. The molecule has 2 fully saturated rings. The van der Waals surface area contributed by atoms with Crippen LogP contribution in [0.25, 0.3) is 0 Å². The predicted molar refractivity (Wildman–Crippen MR) is 74.3 cm³/mol. The molecule has 98 valence electrons. The Bertz CT molecular complexity index is 366. The Balaban J connectivity index is 1.61. The van der Waals surface area contributed by atoms with E-state index in [1.165, 1.54) is 31.2 Å². The summed E-state index contributed by atoms with van der Waals surface area (Å²) < 4.78 is 0. The summed E-state index contributed by atoms with van der Waals surface area (Å²) >= 11 is 0. The van der Waals surface area contributed by atoms with Gasteiger partial charge in [-0.05, 0) is 68.0 Å². The molecule has 1 heterocycles. The van der Waals surface area contributed by atoms with Crippen LogP contribution in [0.2, 0.25) is 0 Å². The van der Waals surface area contributed by atoms with Crippen molar-refractivity contribution < 1.29 is 0 Å². The maximum atomic E-state index is 4.24. The van der Waals surface area contributed by atoms with Gasteiger partial charge in [-0.3, -0.25) is 4.98 Å².